The molecule has 0 amide bonds. The van der Waals surface area contributed by atoms with E-state index in [1.807, 2.05) is 0 Å². The second kappa shape index (κ2) is 6.95. The normalized spacial score (nSPS) is 46.4. The summed E-state index contributed by atoms with van der Waals surface area (Å²) in [4.78, 5) is 12.4. The number of hydrogen-bond acceptors (Lipinski definition) is 4. The van der Waals surface area contributed by atoms with Crippen LogP contribution in [0.5, 0.6) is 0 Å². The van der Waals surface area contributed by atoms with Gasteiger partial charge in [-0.25, -0.2) is 0 Å². The number of esters is 1. The molecule has 1 aliphatic heterocycles. The van der Waals surface area contributed by atoms with Crippen LogP contribution in [0.2, 0.25) is 0 Å². The highest BCUT2D eigenvalue weighted by molar-refractivity contribution is 5.73. The van der Waals surface area contributed by atoms with Crippen LogP contribution in [-0.2, 0) is 19.0 Å². The Morgan fingerprint density at radius 1 is 0.958 bits per heavy atom. The summed E-state index contributed by atoms with van der Waals surface area (Å²) >= 11 is 0. The molecule has 0 N–H and O–H groups in total. The third-order valence-corrected chi connectivity index (χ3v) is 7.10. The molecule has 4 heteroatoms. The summed E-state index contributed by atoms with van der Waals surface area (Å²) in [6.07, 6.45) is 9.96. The minimum atomic E-state index is -0.124. The van der Waals surface area contributed by atoms with Crippen LogP contribution in [0, 0.1) is 29.6 Å². The molecule has 1 heterocycles. The standard InChI is InChI=1S/C20H32O4/c1-3-16-10-17(18(4-2)24-16)20(21)23-11-22-19-14-6-12-5-13(8-14)9-15(19)7-12/h12-19H,3-11H2,1-2H3. The maximum absolute atomic E-state index is 12.4. The van der Waals surface area contributed by atoms with Crippen molar-refractivity contribution >= 4 is 5.97 Å². The summed E-state index contributed by atoms with van der Waals surface area (Å²) in [5.74, 6) is 3.08. The molecule has 0 aromatic carbocycles. The molecular formula is C20H32O4. The first kappa shape index (κ1) is 16.8. The first-order valence-corrected chi connectivity index (χ1v) is 10.1. The van der Waals surface area contributed by atoms with Crippen LogP contribution in [0.3, 0.4) is 0 Å². The Bertz CT molecular complexity index is 435. The highest BCUT2D eigenvalue weighted by atomic mass is 16.7. The van der Waals surface area contributed by atoms with E-state index in [2.05, 4.69) is 13.8 Å². The second-order valence-corrected chi connectivity index (χ2v) is 8.60. The van der Waals surface area contributed by atoms with E-state index in [-0.39, 0.29) is 30.9 Å². The van der Waals surface area contributed by atoms with Crippen LogP contribution < -0.4 is 0 Å². The predicted octanol–water partition coefficient (Wildman–Crippen LogP) is 3.92. The van der Waals surface area contributed by atoms with Crippen molar-refractivity contribution in [2.75, 3.05) is 6.79 Å². The zero-order valence-corrected chi connectivity index (χ0v) is 15.1. The van der Waals surface area contributed by atoms with Crippen molar-refractivity contribution in [2.24, 2.45) is 29.6 Å². The lowest BCUT2D eigenvalue weighted by molar-refractivity contribution is -0.190. The van der Waals surface area contributed by atoms with Crippen molar-refractivity contribution in [3.05, 3.63) is 0 Å². The number of hydrogen-bond donors (Lipinski definition) is 0. The minimum Gasteiger partial charge on any atom is -0.438 e. The van der Waals surface area contributed by atoms with Crippen molar-refractivity contribution in [3.8, 4) is 0 Å². The number of ether oxygens (including phenoxy) is 3. The maximum atomic E-state index is 12.4. The Morgan fingerprint density at radius 2 is 1.62 bits per heavy atom. The summed E-state index contributed by atoms with van der Waals surface area (Å²) in [7, 11) is 0. The highest BCUT2D eigenvalue weighted by Crippen LogP contribution is 2.54. The molecular weight excluding hydrogens is 304 g/mol. The lowest BCUT2D eigenvalue weighted by atomic mass is 9.55. The van der Waals surface area contributed by atoms with Gasteiger partial charge in [0.2, 0.25) is 0 Å². The van der Waals surface area contributed by atoms with E-state index in [9.17, 15) is 4.79 Å². The van der Waals surface area contributed by atoms with E-state index in [0.717, 1.165) is 31.1 Å². The topological polar surface area (TPSA) is 44.8 Å². The molecule has 136 valence electrons. The molecule has 3 unspecified atom stereocenters. The third-order valence-electron chi connectivity index (χ3n) is 7.10. The van der Waals surface area contributed by atoms with Crippen molar-refractivity contribution in [2.45, 2.75) is 83.5 Å². The fourth-order valence-electron chi connectivity index (χ4n) is 6.15. The van der Waals surface area contributed by atoms with Crippen molar-refractivity contribution in [1.29, 1.82) is 0 Å². The van der Waals surface area contributed by atoms with Gasteiger partial charge in [0, 0.05) is 0 Å². The van der Waals surface area contributed by atoms with Gasteiger partial charge in [0.05, 0.1) is 24.2 Å². The van der Waals surface area contributed by atoms with Crippen molar-refractivity contribution in [1.82, 2.24) is 0 Å². The lowest BCUT2D eigenvalue weighted by Crippen LogP contribution is -2.49. The Kier molecular flexibility index (Phi) is 4.88. The Labute approximate surface area is 145 Å². The van der Waals surface area contributed by atoms with Crippen molar-refractivity contribution < 1.29 is 19.0 Å². The zero-order chi connectivity index (χ0) is 16.7. The van der Waals surface area contributed by atoms with Crippen molar-refractivity contribution in [3.63, 3.8) is 0 Å². The first-order chi connectivity index (χ1) is 11.7. The molecule has 4 aliphatic carbocycles. The van der Waals surface area contributed by atoms with E-state index in [0.29, 0.717) is 17.9 Å². The van der Waals surface area contributed by atoms with Gasteiger partial charge >= 0.3 is 5.97 Å². The molecule has 3 atom stereocenters. The molecule has 4 saturated carbocycles. The van der Waals surface area contributed by atoms with Crippen LogP contribution in [0.25, 0.3) is 0 Å². The minimum absolute atomic E-state index is 0.0172. The van der Waals surface area contributed by atoms with Gasteiger partial charge in [0.25, 0.3) is 0 Å². The molecule has 4 nitrogen and oxygen atoms in total. The molecule has 0 radical (unpaired) electrons. The van der Waals surface area contributed by atoms with Gasteiger partial charge < -0.3 is 14.2 Å². The van der Waals surface area contributed by atoms with Gasteiger partial charge in [0.1, 0.15) is 0 Å². The molecule has 0 aromatic rings. The van der Waals surface area contributed by atoms with Crippen LogP contribution in [0.4, 0.5) is 0 Å². The van der Waals surface area contributed by atoms with E-state index in [1.54, 1.807) is 0 Å². The average Bonchev–Trinajstić information content (AvgIpc) is 3.00. The number of carbonyl (C=O) groups excluding carboxylic acids is 1. The Hall–Kier alpha value is -0.610. The fourth-order valence-corrected chi connectivity index (χ4v) is 6.15. The monoisotopic (exact) mass is 336 g/mol. The molecule has 4 bridgehead atoms. The SMILES string of the molecule is CCC1CC(C(=O)OCOC2C3CC4CC(C3)CC2C4)C(CC)O1. The Morgan fingerprint density at radius 3 is 2.21 bits per heavy atom. The number of carbonyl (C=O) groups is 1. The van der Waals surface area contributed by atoms with Gasteiger partial charge in [-0.1, -0.05) is 13.8 Å². The largest absolute Gasteiger partial charge is 0.438 e. The lowest BCUT2D eigenvalue weighted by Gasteiger charge is -2.53. The molecule has 0 spiro atoms. The van der Waals surface area contributed by atoms with Gasteiger partial charge in [-0.05, 0) is 75.0 Å². The van der Waals surface area contributed by atoms with Gasteiger partial charge in [-0.15, -0.1) is 0 Å². The summed E-state index contributed by atoms with van der Waals surface area (Å²) in [5.41, 5.74) is 0. The molecule has 1 saturated heterocycles. The van der Waals surface area contributed by atoms with E-state index in [1.165, 1.54) is 32.1 Å². The summed E-state index contributed by atoms with van der Waals surface area (Å²) in [6.45, 7) is 4.32. The molecule has 0 aromatic heterocycles. The Balaban J connectivity index is 1.26. The van der Waals surface area contributed by atoms with Gasteiger partial charge in [-0.2, -0.15) is 0 Å². The summed E-state index contributed by atoms with van der Waals surface area (Å²) in [5, 5.41) is 0. The second-order valence-electron chi connectivity index (χ2n) is 8.60. The zero-order valence-electron chi connectivity index (χ0n) is 15.1. The van der Waals surface area contributed by atoms with Gasteiger partial charge in [0.15, 0.2) is 6.79 Å². The number of rotatable bonds is 6. The summed E-state index contributed by atoms with van der Waals surface area (Å²) in [6, 6.07) is 0. The van der Waals surface area contributed by atoms with E-state index in [4.69, 9.17) is 14.2 Å². The average molecular weight is 336 g/mol. The highest BCUT2D eigenvalue weighted by Gasteiger charge is 2.49. The molecule has 5 fully saturated rings. The molecule has 5 aliphatic rings. The quantitative estimate of drug-likeness (QED) is 0.545. The summed E-state index contributed by atoms with van der Waals surface area (Å²) < 4.78 is 17.5. The fraction of sp³-hybridized carbons (Fsp3) is 0.950. The van der Waals surface area contributed by atoms with Crippen LogP contribution in [0.1, 0.15) is 65.2 Å². The maximum Gasteiger partial charge on any atom is 0.313 e. The first-order valence-electron chi connectivity index (χ1n) is 10.1. The van der Waals surface area contributed by atoms with E-state index >= 15 is 0 Å². The smallest absolute Gasteiger partial charge is 0.313 e. The molecule has 5 rings (SSSR count). The van der Waals surface area contributed by atoms with E-state index < -0.39 is 0 Å². The third kappa shape index (κ3) is 3.12. The van der Waals surface area contributed by atoms with Crippen LogP contribution in [-0.4, -0.2) is 31.1 Å². The van der Waals surface area contributed by atoms with Crippen LogP contribution >= 0.6 is 0 Å². The molecule has 24 heavy (non-hydrogen) atoms. The predicted molar refractivity (Wildman–Crippen MR) is 90.2 cm³/mol. The van der Waals surface area contributed by atoms with Crippen LogP contribution in [0.15, 0.2) is 0 Å². The van der Waals surface area contributed by atoms with Gasteiger partial charge in [-0.3, -0.25) is 4.79 Å².